The summed E-state index contributed by atoms with van der Waals surface area (Å²) in [5.74, 6) is -2.06. The van der Waals surface area contributed by atoms with Gasteiger partial charge in [-0.3, -0.25) is 9.69 Å². The summed E-state index contributed by atoms with van der Waals surface area (Å²) in [4.78, 5) is 13.4. The Labute approximate surface area is 124 Å². The highest BCUT2D eigenvalue weighted by Gasteiger charge is 2.14. The number of halogens is 3. The lowest BCUT2D eigenvalue weighted by Gasteiger charge is -2.19. The van der Waals surface area contributed by atoms with E-state index in [9.17, 15) is 13.6 Å². The van der Waals surface area contributed by atoms with E-state index in [-0.39, 0.29) is 23.3 Å². The van der Waals surface area contributed by atoms with Gasteiger partial charge in [0.05, 0.1) is 18.8 Å². The third kappa shape index (κ3) is 4.99. The van der Waals surface area contributed by atoms with Gasteiger partial charge in [0.15, 0.2) is 5.82 Å². The number of rotatable bonds is 7. The van der Waals surface area contributed by atoms with E-state index in [1.165, 1.54) is 0 Å². The molecule has 1 rings (SSSR count). The normalized spacial score (nSPS) is 10.7. The third-order valence-corrected chi connectivity index (χ3v) is 3.07. The van der Waals surface area contributed by atoms with E-state index in [2.05, 4.69) is 27.8 Å². The zero-order valence-corrected chi connectivity index (χ0v) is 12.3. The molecule has 7 heteroatoms. The van der Waals surface area contributed by atoms with E-state index >= 15 is 0 Å². The van der Waals surface area contributed by atoms with Crippen LogP contribution in [0.3, 0.4) is 0 Å². The summed E-state index contributed by atoms with van der Waals surface area (Å²) in [6.07, 6.45) is 1.59. The van der Waals surface area contributed by atoms with Gasteiger partial charge in [-0.15, -0.1) is 6.58 Å². The monoisotopic (exact) mass is 348 g/mol. The maximum Gasteiger partial charge on any atom is 0.238 e. The second kappa shape index (κ2) is 8.08. The number of nitrogens with one attached hydrogen (secondary N) is 1. The van der Waals surface area contributed by atoms with Crippen molar-refractivity contribution >= 4 is 27.5 Å². The van der Waals surface area contributed by atoms with Crippen molar-refractivity contribution in [2.24, 2.45) is 0 Å². The summed E-state index contributed by atoms with van der Waals surface area (Å²) >= 11 is 2.99. The van der Waals surface area contributed by atoms with E-state index in [0.717, 1.165) is 6.07 Å². The van der Waals surface area contributed by atoms with Gasteiger partial charge in [-0.2, -0.15) is 0 Å². The molecule has 0 spiro atoms. The smallest absolute Gasteiger partial charge is 0.238 e. The highest BCUT2D eigenvalue weighted by molar-refractivity contribution is 9.10. The minimum absolute atomic E-state index is 0.0319. The number of amides is 1. The standard InChI is InChI=1S/C13H15BrF2N2O2/c1-2-3-18(4-5-19)8-12(20)17-13-10(14)6-9(15)7-11(13)16/h2,6-7,19H,1,3-5,8H2,(H,17,20). The maximum atomic E-state index is 13.6. The van der Waals surface area contributed by atoms with Crippen molar-refractivity contribution in [3.05, 3.63) is 40.9 Å². The van der Waals surface area contributed by atoms with Crippen LogP contribution in [0.4, 0.5) is 14.5 Å². The van der Waals surface area contributed by atoms with Gasteiger partial charge in [0.2, 0.25) is 5.91 Å². The zero-order chi connectivity index (χ0) is 15.1. The summed E-state index contributed by atoms with van der Waals surface area (Å²) in [5, 5.41) is 11.2. The van der Waals surface area contributed by atoms with Gasteiger partial charge in [0.1, 0.15) is 5.82 Å². The molecule has 0 atom stereocenters. The first-order valence-electron chi connectivity index (χ1n) is 5.86. The Morgan fingerprint density at radius 1 is 1.50 bits per heavy atom. The SMILES string of the molecule is C=CCN(CCO)CC(=O)Nc1c(F)cc(F)cc1Br. The number of carbonyl (C=O) groups is 1. The van der Waals surface area contributed by atoms with Crippen molar-refractivity contribution in [2.75, 3.05) is 31.6 Å². The molecule has 0 aliphatic carbocycles. The summed E-state index contributed by atoms with van der Waals surface area (Å²) in [5.41, 5.74) is -0.112. The van der Waals surface area contributed by atoms with Crippen molar-refractivity contribution in [1.82, 2.24) is 4.90 Å². The number of anilines is 1. The maximum absolute atomic E-state index is 13.6. The van der Waals surface area contributed by atoms with Gasteiger partial charge in [0, 0.05) is 23.6 Å². The predicted molar refractivity (Wildman–Crippen MR) is 76.4 cm³/mol. The van der Waals surface area contributed by atoms with Crippen LogP contribution >= 0.6 is 15.9 Å². The quantitative estimate of drug-likeness (QED) is 0.742. The predicted octanol–water partition coefficient (Wildman–Crippen LogP) is 2.15. The van der Waals surface area contributed by atoms with Crippen molar-refractivity contribution in [3.8, 4) is 0 Å². The lowest BCUT2D eigenvalue weighted by Crippen LogP contribution is -2.35. The van der Waals surface area contributed by atoms with Crippen molar-refractivity contribution in [1.29, 1.82) is 0 Å². The Morgan fingerprint density at radius 3 is 2.75 bits per heavy atom. The van der Waals surface area contributed by atoms with Crippen molar-refractivity contribution < 1.29 is 18.7 Å². The Balaban J connectivity index is 2.73. The number of hydrogen-bond donors (Lipinski definition) is 2. The molecule has 2 N–H and O–H groups in total. The molecule has 0 radical (unpaired) electrons. The van der Waals surface area contributed by atoms with Crippen LogP contribution in [-0.2, 0) is 4.79 Å². The van der Waals surface area contributed by atoms with Crippen LogP contribution in [0.15, 0.2) is 29.3 Å². The van der Waals surface area contributed by atoms with Gasteiger partial charge in [0.25, 0.3) is 0 Å². The number of aliphatic hydroxyl groups is 1. The minimum Gasteiger partial charge on any atom is -0.395 e. The second-order valence-electron chi connectivity index (χ2n) is 4.04. The van der Waals surface area contributed by atoms with E-state index in [1.807, 2.05) is 0 Å². The molecule has 0 unspecified atom stereocenters. The number of aliphatic hydroxyl groups excluding tert-OH is 1. The molecule has 1 aromatic carbocycles. The van der Waals surface area contributed by atoms with Gasteiger partial charge in [-0.25, -0.2) is 8.78 Å². The van der Waals surface area contributed by atoms with Gasteiger partial charge in [-0.05, 0) is 22.0 Å². The van der Waals surface area contributed by atoms with Crippen molar-refractivity contribution in [2.45, 2.75) is 0 Å². The molecule has 0 aliphatic heterocycles. The van der Waals surface area contributed by atoms with E-state index < -0.39 is 17.5 Å². The molecule has 20 heavy (non-hydrogen) atoms. The Bertz CT molecular complexity index is 474. The first-order valence-corrected chi connectivity index (χ1v) is 6.65. The highest BCUT2D eigenvalue weighted by Crippen LogP contribution is 2.26. The van der Waals surface area contributed by atoms with Crippen LogP contribution in [0.5, 0.6) is 0 Å². The molecule has 0 aliphatic rings. The van der Waals surface area contributed by atoms with Crippen LogP contribution < -0.4 is 5.32 Å². The molecule has 0 saturated heterocycles. The summed E-state index contributed by atoms with van der Waals surface area (Å²) in [7, 11) is 0. The molecule has 4 nitrogen and oxygen atoms in total. The number of carbonyl (C=O) groups excluding carboxylic acids is 1. The van der Waals surface area contributed by atoms with Crippen LogP contribution in [0.25, 0.3) is 0 Å². The van der Waals surface area contributed by atoms with Gasteiger partial charge in [-0.1, -0.05) is 6.08 Å². The molecule has 0 aromatic heterocycles. The Kier molecular flexibility index (Phi) is 6.77. The molecule has 0 bridgehead atoms. The van der Waals surface area contributed by atoms with Crippen LogP contribution in [0.1, 0.15) is 0 Å². The third-order valence-electron chi connectivity index (χ3n) is 2.44. The van der Waals surface area contributed by atoms with Gasteiger partial charge < -0.3 is 10.4 Å². The summed E-state index contributed by atoms with van der Waals surface area (Å²) < 4.78 is 26.6. The average Bonchev–Trinajstić information content (AvgIpc) is 2.34. The van der Waals surface area contributed by atoms with Crippen LogP contribution in [-0.4, -0.2) is 42.2 Å². The molecule has 0 saturated carbocycles. The number of hydrogen-bond acceptors (Lipinski definition) is 3. The molecule has 110 valence electrons. The minimum atomic E-state index is -0.859. The fourth-order valence-electron chi connectivity index (χ4n) is 1.60. The van der Waals surface area contributed by atoms with E-state index in [1.54, 1.807) is 11.0 Å². The molecular formula is C13H15BrF2N2O2. The highest BCUT2D eigenvalue weighted by atomic mass is 79.9. The molecule has 0 fully saturated rings. The molecular weight excluding hydrogens is 334 g/mol. The number of benzene rings is 1. The van der Waals surface area contributed by atoms with Crippen LogP contribution in [0, 0.1) is 11.6 Å². The first kappa shape index (κ1) is 16.7. The topological polar surface area (TPSA) is 52.6 Å². The van der Waals surface area contributed by atoms with E-state index in [4.69, 9.17) is 5.11 Å². The second-order valence-corrected chi connectivity index (χ2v) is 4.89. The number of nitrogens with zero attached hydrogens (tertiary/aromatic N) is 1. The fraction of sp³-hybridized carbons (Fsp3) is 0.308. The fourth-order valence-corrected chi connectivity index (χ4v) is 2.11. The van der Waals surface area contributed by atoms with E-state index in [0.29, 0.717) is 19.2 Å². The van der Waals surface area contributed by atoms with Crippen LogP contribution in [0.2, 0.25) is 0 Å². The largest absolute Gasteiger partial charge is 0.395 e. The average molecular weight is 349 g/mol. The first-order chi connectivity index (χ1) is 9.47. The lowest BCUT2D eigenvalue weighted by atomic mass is 10.3. The lowest BCUT2D eigenvalue weighted by molar-refractivity contribution is -0.117. The van der Waals surface area contributed by atoms with Crippen molar-refractivity contribution in [3.63, 3.8) is 0 Å². The zero-order valence-electron chi connectivity index (χ0n) is 10.7. The molecule has 1 amide bonds. The molecule has 1 aromatic rings. The molecule has 0 heterocycles. The summed E-state index contributed by atoms with van der Waals surface area (Å²) in [6.45, 7) is 4.13. The van der Waals surface area contributed by atoms with Gasteiger partial charge >= 0.3 is 0 Å². The Morgan fingerprint density at radius 2 is 2.20 bits per heavy atom. The Hall–Kier alpha value is -1.31. The summed E-state index contributed by atoms with van der Waals surface area (Å²) in [6, 6.07) is 1.75.